The molecule has 0 aliphatic carbocycles. The van der Waals surface area contributed by atoms with Crippen molar-refractivity contribution >= 4 is 33.6 Å². The van der Waals surface area contributed by atoms with Gasteiger partial charge in [-0.25, -0.2) is 0 Å². The molecule has 2 aliphatic heterocycles. The van der Waals surface area contributed by atoms with Crippen LogP contribution in [-0.4, -0.2) is 37.9 Å². The summed E-state index contributed by atoms with van der Waals surface area (Å²) in [5, 5.41) is 9.02. The molecule has 5 heteroatoms. The Balaban J connectivity index is 1.90. The van der Waals surface area contributed by atoms with Crippen molar-refractivity contribution in [3.63, 3.8) is 0 Å². The minimum atomic E-state index is 0.806. The van der Waals surface area contributed by atoms with Gasteiger partial charge in [0.1, 0.15) is 22.8 Å². The standard InChI is InChI=1S/C18H16N4O/c1-2-4-13-11(3-1)15-14(23-13)6-5-12(17-19-7-8-20-17)16(15)18-21-9-10-22-18/h1-6H,7-10H2,(H,19,20)(H,21,22). The van der Waals surface area contributed by atoms with E-state index < -0.39 is 0 Å². The summed E-state index contributed by atoms with van der Waals surface area (Å²) in [6.07, 6.45) is 0. The number of rotatable bonds is 2. The summed E-state index contributed by atoms with van der Waals surface area (Å²) >= 11 is 0. The van der Waals surface area contributed by atoms with Gasteiger partial charge in [0.2, 0.25) is 0 Å². The highest BCUT2D eigenvalue weighted by Gasteiger charge is 2.23. The maximum absolute atomic E-state index is 6.03. The van der Waals surface area contributed by atoms with E-state index in [0.29, 0.717) is 0 Å². The number of hydrogen-bond donors (Lipinski definition) is 2. The first-order valence-corrected chi connectivity index (χ1v) is 7.93. The summed E-state index contributed by atoms with van der Waals surface area (Å²) in [4.78, 5) is 9.26. The topological polar surface area (TPSA) is 61.9 Å². The highest BCUT2D eigenvalue weighted by atomic mass is 16.3. The quantitative estimate of drug-likeness (QED) is 0.763. The van der Waals surface area contributed by atoms with E-state index >= 15 is 0 Å². The Hall–Kier alpha value is -2.82. The van der Waals surface area contributed by atoms with Crippen LogP contribution in [0, 0.1) is 0 Å². The van der Waals surface area contributed by atoms with Crippen LogP contribution >= 0.6 is 0 Å². The average molecular weight is 304 g/mol. The van der Waals surface area contributed by atoms with Crippen LogP contribution in [-0.2, 0) is 0 Å². The maximum atomic E-state index is 6.03. The molecule has 1 aromatic heterocycles. The van der Waals surface area contributed by atoms with E-state index in [2.05, 4.69) is 32.8 Å². The third-order valence-electron chi connectivity index (χ3n) is 4.38. The van der Waals surface area contributed by atoms with Crippen molar-refractivity contribution in [2.75, 3.05) is 26.2 Å². The van der Waals surface area contributed by atoms with Gasteiger partial charge in [-0.1, -0.05) is 18.2 Å². The molecule has 0 spiro atoms. The zero-order valence-electron chi connectivity index (χ0n) is 12.6. The number of nitrogens with one attached hydrogen (secondary N) is 2. The van der Waals surface area contributed by atoms with Gasteiger partial charge in [-0.3, -0.25) is 9.98 Å². The lowest BCUT2D eigenvalue weighted by molar-refractivity contribution is 0.669. The van der Waals surface area contributed by atoms with Crippen molar-refractivity contribution in [1.82, 2.24) is 10.6 Å². The van der Waals surface area contributed by atoms with Crippen LogP contribution in [0.15, 0.2) is 50.8 Å². The van der Waals surface area contributed by atoms with Crippen molar-refractivity contribution in [3.8, 4) is 0 Å². The molecular formula is C18H16N4O. The molecule has 114 valence electrons. The third kappa shape index (κ3) is 1.86. The van der Waals surface area contributed by atoms with Gasteiger partial charge in [-0.15, -0.1) is 0 Å². The van der Waals surface area contributed by atoms with E-state index in [1.54, 1.807) is 0 Å². The number of amidine groups is 2. The Labute approximate surface area is 133 Å². The maximum Gasteiger partial charge on any atom is 0.136 e. The van der Waals surface area contributed by atoms with Crippen molar-refractivity contribution < 1.29 is 4.42 Å². The molecule has 0 fully saturated rings. The molecule has 0 bridgehead atoms. The number of para-hydroxylation sites is 1. The fourth-order valence-corrected chi connectivity index (χ4v) is 3.40. The number of nitrogens with zero attached hydrogens (tertiary/aromatic N) is 2. The van der Waals surface area contributed by atoms with Gasteiger partial charge in [-0.05, 0) is 18.2 Å². The van der Waals surface area contributed by atoms with Crippen LogP contribution < -0.4 is 10.6 Å². The number of benzene rings is 2. The zero-order valence-corrected chi connectivity index (χ0v) is 12.6. The molecule has 5 rings (SSSR count). The fraction of sp³-hybridized carbons (Fsp3) is 0.222. The Morgan fingerprint density at radius 3 is 2.39 bits per heavy atom. The molecule has 3 heterocycles. The first kappa shape index (κ1) is 12.7. The third-order valence-corrected chi connectivity index (χ3v) is 4.38. The van der Waals surface area contributed by atoms with E-state index in [9.17, 15) is 0 Å². The molecule has 0 radical (unpaired) electrons. The molecule has 0 atom stereocenters. The van der Waals surface area contributed by atoms with E-state index in [0.717, 1.165) is 70.9 Å². The first-order chi connectivity index (χ1) is 11.4. The monoisotopic (exact) mass is 304 g/mol. The predicted octanol–water partition coefficient (Wildman–Crippen LogP) is 2.29. The Bertz CT molecular complexity index is 983. The SMILES string of the molecule is c1ccc2c(c1)oc1ccc(C3=NCCN3)c(C3=NCCN3)c12. The Kier molecular flexibility index (Phi) is 2.67. The van der Waals surface area contributed by atoms with Crippen LogP contribution in [0.25, 0.3) is 21.9 Å². The van der Waals surface area contributed by atoms with E-state index in [-0.39, 0.29) is 0 Å². The van der Waals surface area contributed by atoms with Gasteiger partial charge in [0.25, 0.3) is 0 Å². The van der Waals surface area contributed by atoms with Gasteiger partial charge in [0.15, 0.2) is 0 Å². The van der Waals surface area contributed by atoms with Gasteiger partial charge in [-0.2, -0.15) is 0 Å². The van der Waals surface area contributed by atoms with Gasteiger partial charge < -0.3 is 15.1 Å². The first-order valence-electron chi connectivity index (χ1n) is 7.93. The highest BCUT2D eigenvalue weighted by molar-refractivity contribution is 6.23. The molecule has 2 aromatic carbocycles. The Morgan fingerprint density at radius 1 is 0.826 bits per heavy atom. The largest absolute Gasteiger partial charge is 0.456 e. The minimum Gasteiger partial charge on any atom is -0.456 e. The summed E-state index contributed by atoms with van der Waals surface area (Å²) in [5.41, 5.74) is 3.98. The molecule has 0 amide bonds. The number of fused-ring (bicyclic) bond motifs is 3. The summed E-state index contributed by atoms with van der Waals surface area (Å²) in [7, 11) is 0. The van der Waals surface area contributed by atoms with Crippen molar-refractivity contribution in [3.05, 3.63) is 47.5 Å². The molecule has 0 unspecified atom stereocenters. The van der Waals surface area contributed by atoms with Crippen LogP contribution in [0.2, 0.25) is 0 Å². The summed E-state index contributed by atoms with van der Waals surface area (Å²) < 4.78 is 6.03. The normalized spacial score (nSPS) is 17.2. The highest BCUT2D eigenvalue weighted by Crippen LogP contribution is 2.33. The molecule has 2 N–H and O–H groups in total. The summed E-state index contributed by atoms with van der Waals surface area (Å²) in [6, 6.07) is 12.3. The van der Waals surface area contributed by atoms with E-state index in [1.165, 1.54) is 0 Å². The summed E-state index contributed by atoms with van der Waals surface area (Å²) in [6.45, 7) is 3.39. The second-order valence-electron chi connectivity index (χ2n) is 5.77. The molecule has 3 aromatic rings. The second kappa shape index (κ2) is 4.84. The van der Waals surface area contributed by atoms with E-state index in [4.69, 9.17) is 4.42 Å². The minimum absolute atomic E-state index is 0.806. The number of furan rings is 1. The van der Waals surface area contributed by atoms with Gasteiger partial charge in [0, 0.05) is 35.0 Å². The van der Waals surface area contributed by atoms with Crippen molar-refractivity contribution in [2.24, 2.45) is 9.98 Å². The van der Waals surface area contributed by atoms with Crippen LogP contribution in [0.1, 0.15) is 11.1 Å². The van der Waals surface area contributed by atoms with E-state index in [1.807, 2.05) is 24.3 Å². The van der Waals surface area contributed by atoms with Crippen molar-refractivity contribution in [1.29, 1.82) is 0 Å². The van der Waals surface area contributed by atoms with Crippen molar-refractivity contribution in [2.45, 2.75) is 0 Å². The lowest BCUT2D eigenvalue weighted by Crippen LogP contribution is -2.26. The van der Waals surface area contributed by atoms with Gasteiger partial charge in [0.05, 0.1) is 13.1 Å². The van der Waals surface area contributed by atoms with Crippen LogP contribution in [0.5, 0.6) is 0 Å². The molecule has 0 saturated heterocycles. The number of hydrogen-bond acceptors (Lipinski definition) is 5. The molecule has 5 nitrogen and oxygen atoms in total. The lowest BCUT2D eigenvalue weighted by Gasteiger charge is -2.12. The average Bonchev–Trinajstić information content (AvgIpc) is 3.33. The lowest BCUT2D eigenvalue weighted by atomic mass is 9.98. The molecule has 2 aliphatic rings. The summed E-state index contributed by atoms with van der Waals surface area (Å²) in [5.74, 6) is 1.89. The van der Waals surface area contributed by atoms with Crippen LogP contribution in [0.4, 0.5) is 0 Å². The smallest absolute Gasteiger partial charge is 0.136 e. The van der Waals surface area contributed by atoms with Gasteiger partial charge >= 0.3 is 0 Å². The predicted molar refractivity (Wildman–Crippen MR) is 92.5 cm³/mol. The molecule has 23 heavy (non-hydrogen) atoms. The molecule has 0 saturated carbocycles. The number of aliphatic imine (C=N–C) groups is 2. The Morgan fingerprint density at radius 2 is 1.61 bits per heavy atom. The van der Waals surface area contributed by atoms with Crippen LogP contribution in [0.3, 0.4) is 0 Å². The fourth-order valence-electron chi connectivity index (χ4n) is 3.40. The molecular weight excluding hydrogens is 288 g/mol. The zero-order chi connectivity index (χ0) is 15.2. The second-order valence-corrected chi connectivity index (χ2v) is 5.77.